The summed E-state index contributed by atoms with van der Waals surface area (Å²) in [7, 11) is 1.46. The highest BCUT2D eigenvalue weighted by molar-refractivity contribution is 7.09. The van der Waals surface area contributed by atoms with Crippen molar-refractivity contribution in [3.63, 3.8) is 0 Å². The van der Waals surface area contributed by atoms with E-state index in [4.69, 9.17) is 9.84 Å². The summed E-state index contributed by atoms with van der Waals surface area (Å²) in [6, 6.07) is 1.69. The number of aryl methyl sites for hydroxylation is 1. The predicted molar refractivity (Wildman–Crippen MR) is 86.6 cm³/mol. The normalized spacial score (nSPS) is 13.5. The summed E-state index contributed by atoms with van der Waals surface area (Å²) in [5.74, 6) is -1.39. The number of carboxylic acid groups (broad SMARTS) is 1. The average Bonchev–Trinajstić information content (AvgIpc) is 3.05. The van der Waals surface area contributed by atoms with Crippen LogP contribution in [0.5, 0.6) is 0 Å². The van der Waals surface area contributed by atoms with Crippen molar-refractivity contribution in [2.45, 2.75) is 25.8 Å². The lowest BCUT2D eigenvalue weighted by atomic mass is 9.98. The molecule has 0 bridgehead atoms. The van der Waals surface area contributed by atoms with E-state index in [9.17, 15) is 9.59 Å². The number of aromatic nitrogens is 2. The number of hydrogen-bond acceptors (Lipinski definition) is 5. The molecule has 1 atom stereocenters. The van der Waals surface area contributed by atoms with Crippen molar-refractivity contribution in [1.82, 2.24) is 15.3 Å². The minimum absolute atomic E-state index is 0.101. The Morgan fingerprint density at radius 2 is 2.26 bits per heavy atom. The number of carbonyl (C=O) groups excluding carboxylic acids is 1. The van der Waals surface area contributed by atoms with Gasteiger partial charge in [-0.05, 0) is 19.9 Å². The monoisotopic (exact) mass is 337 g/mol. The first-order valence-corrected chi connectivity index (χ1v) is 7.85. The molecule has 8 heteroatoms. The fourth-order valence-corrected chi connectivity index (χ4v) is 2.92. The molecule has 124 valence electrons. The number of ether oxygens (including phenoxy) is 1. The second kappa shape index (κ2) is 6.93. The summed E-state index contributed by atoms with van der Waals surface area (Å²) in [6.07, 6.45) is 1.47. The lowest BCUT2D eigenvalue weighted by Crippen LogP contribution is -2.50. The second-order valence-corrected chi connectivity index (χ2v) is 6.63. The van der Waals surface area contributed by atoms with Crippen molar-refractivity contribution < 1.29 is 19.4 Å². The molecule has 7 nitrogen and oxygen atoms in total. The van der Waals surface area contributed by atoms with Crippen LogP contribution in [0.1, 0.15) is 28.8 Å². The first-order chi connectivity index (χ1) is 10.8. The van der Waals surface area contributed by atoms with Gasteiger partial charge in [-0.25, -0.2) is 4.98 Å². The van der Waals surface area contributed by atoms with E-state index in [1.165, 1.54) is 18.4 Å². The number of methoxy groups -OCH3 is 1. The van der Waals surface area contributed by atoms with E-state index in [1.807, 2.05) is 12.3 Å². The molecule has 0 aliphatic rings. The topological polar surface area (TPSA) is 104 Å². The number of amides is 1. The van der Waals surface area contributed by atoms with Crippen LogP contribution in [-0.2, 0) is 9.53 Å². The maximum absolute atomic E-state index is 12.4. The lowest BCUT2D eigenvalue weighted by Gasteiger charge is -2.28. The molecule has 0 radical (unpaired) electrons. The minimum Gasteiger partial charge on any atom is -0.481 e. The number of aliphatic carboxylic acids is 1. The molecule has 2 aromatic rings. The van der Waals surface area contributed by atoms with Crippen LogP contribution in [-0.4, -0.2) is 46.2 Å². The molecular formula is C15H19N3O4S. The van der Waals surface area contributed by atoms with Crippen LogP contribution < -0.4 is 5.32 Å². The Hall–Kier alpha value is -2.19. The molecule has 2 heterocycles. The van der Waals surface area contributed by atoms with E-state index < -0.39 is 11.5 Å². The van der Waals surface area contributed by atoms with Gasteiger partial charge in [0.05, 0.1) is 29.3 Å². The fraction of sp³-hybridized carbons (Fsp3) is 0.400. The minimum atomic E-state index is -1.00. The van der Waals surface area contributed by atoms with Crippen LogP contribution in [0, 0.1) is 6.92 Å². The van der Waals surface area contributed by atoms with E-state index in [-0.39, 0.29) is 18.9 Å². The van der Waals surface area contributed by atoms with Gasteiger partial charge >= 0.3 is 5.97 Å². The maximum Gasteiger partial charge on any atom is 0.305 e. The highest BCUT2D eigenvalue weighted by Gasteiger charge is 2.30. The van der Waals surface area contributed by atoms with Crippen LogP contribution in [0.4, 0.5) is 0 Å². The predicted octanol–water partition coefficient (Wildman–Crippen LogP) is 2.06. The third-order valence-corrected chi connectivity index (χ3v) is 4.04. The van der Waals surface area contributed by atoms with Gasteiger partial charge in [0.2, 0.25) is 0 Å². The van der Waals surface area contributed by atoms with Crippen LogP contribution >= 0.6 is 11.3 Å². The molecule has 0 aliphatic carbocycles. The molecule has 0 aliphatic heterocycles. The summed E-state index contributed by atoms with van der Waals surface area (Å²) < 4.78 is 5.03. The molecule has 1 unspecified atom stereocenters. The number of nitrogens with zero attached hydrogens (tertiary/aromatic N) is 1. The number of carboxylic acids is 1. The number of rotatable bonds is 7. The maximum atomic E-state index is 12.4. The average molecular weight is 337 g/mol. The highest BCUT2D eigenvalue weighted by Crippen LogP contribution is 2.22. The Labute approximate surface area is 137 Å². The Morgan fingerprint density at radius 1 is 1.52 bits per heavy atom. The summed E-state index contributed by atoms with van der Waals surface area (Å²) in [6.45, 7) is 3.65. The molecule has 2 rings (SSSR count). The van der Waals surface area contributed by atoms with E-state index in [0.717, 1.165) is 16.3 Å². The van der Waals surface area contributed by atoms with Gasteiger partial charge in [-0.3, -0.25) is 9.59 Å². The molecule has 0 aromatic carbocycles. The van der Waals surface area contributed by atoms with Crippen LogP contribution in [0.2, 0.25) is 0 Å². The Morgan fingerprint density at radius 3 is 2.83 bits per heavy atom. The lowest BCUT2D eigenvalue weighted by molar-refractivity contribution is -0.139. The first-order valence-electron chi connectivity index (χ1n) is 6.97. The molecular weight excluding hydrogens is 318 g/mol. The number of H-pyrrole nitrogens is 1. The third kappa shape index (κ3) is 4.40. The van der Waals surface area contributed by atoms with Gasteiger partial charge in [-0.15, -0.1) is 11.3 Å². The van der Waals surface area contributed by atoms with E-state index >= 15 is 0 Å². The van der Waals surface area contributed by atoms with E-state index in [2.05, 4.69) is 15.3 Å². The first kappa shape index (κ1) is 17.2. The van der Waals surface area contributed by atoms with Crippen molar-refractivity contribution in [3.8, 4) is 11.3 Å². The number of nitrogens with one attached hydrogen (secondary N) is 2. The van der Waals surface area contributed by atoms with Crippen LogP contribution in [0.15, 0.2) is 17.6 Å². The quantitative estimate of drug-likeness (QED) is 0.717. The van der Waals surface area contributed by atoms with E-state index in [0.29, 0.717) is 5.69 Å². The zero-order chi connectivity index (χ0) is 17.0. The zero-order valence-electron chi connectivity index (χ0n) is 13.2. The SMILES string of the molecule is COCC(C)(CC(=O)O)NC(=O)c1cc(-c2csc(C)n2)c[nH]1. The molecule has 0 saturated heterocycles. The van der Waals surface area contributed by atoms with Gasteiger partial charge < -0.3 is 20.1 Å². The number of thiazole rings is 1. The number of hydrogen-bond donors (Lipinski definition) is 3. The molecule has 0 saturated carbocycles. The molecule has 0 spiro atoms. The smallest absolute Gasteiger partial charge is 0.305 e. The molecule has 3 N–H and O–H groups in total. The van der Waals surface area contributed by atoms with Gasteiger partial charge in [0.15, 0.2) is 0 Å². The molecule has 2 aromatic heterocycles. The molecule has 23 heavy (non-hydrogen) atoms. The summed E-state index contributed by atoms with van der Waals surface area (Å²) in [4.78, 5) is 30.6. The van der Waals surface area contributed by atoms with Crippen molar-refractivity contribution in [3.05, 3.63) is 28.3 Å². The summed E-state index contributed by atoms with van der Waals surface area (Å²) in [5, 5.41) is 14.6. The zero-order valence-corrected chi connectivity index (χ0v) is 14.0. The van der Waals surface area contributed by atoms with E-state index in [1.54, 1.807) is 19.2 Å². The number of carbonyl (C=O) groups is 2. The third-order valence-electron chi connectivity index (χ3n) is 3.26. The molecule has 0 fully saturated rings. The van der Waals surface area contributed by atoms with Gasteiger partial charge in [0.25, 0.3) is 5.91 Å². The van der Waals surface area contributed by atoms with Gasteiger partial charge in [0, 0.05) is 24.3 Å². The number of aromatic amines is 1. The van der Waals surface area contributed by atoms with Gasteiger partial charge in [-0.1, -0.05) is 0 Å². The fourth-order valence-electron chi connectivity index (χ4n) is 2.29. The van der Waals surface area contributed by atoms with Crippen molar-refractivity contribution >= 4 is 23.2 Å². The van der Waals surface area contributed by atoms with Gasteiger partial charge in [-0.2, -0.15) is 0 Å². The van der Waals surface area contributed by atoms with Crippen molar-refractivity contribution in [1.29, 1.82) is 0 Å². The standard InChI is InChI=1S/C15H19N3O4S/c1-9-17-12(7-23-9)10-4-11(16-6-10)14(21)18-15(2,8-22-3)5-13(19)20/h4,6-7,16H,5,8H2,1-3H3,(H,18,21)(H,19,20). The summed E-state index contributed by atoms with van der Waals surface area (Å²) >= 11 is 1.53. The Bertz CT molecular complexity index is 709. The summed E-state index contributed by atoms with van der Waals surface area (Å²) in [5.41, 5.74) is 0.970. The highest BCUT2D eigenvalue weighted by atomic mass is 32.1. The van der Waals surface area contributed by atoms with Crippen molar-refractivity contribution in [2.75, 3.05) is 13.7 Å². The second-order valence-electron chi connectivity index (χ2n) is 5.57. The largest absolute Gasteiger partial charge is 0.481 e. The Kier molecular flexibility index (Phi) is 5.17. The van der Waals surface area contributed by atoms with Gasteiger partial charge in [0.1, 0.15) is 5.69 Å². The van der Waals surface area contributed by atoms with Crippen LogP contribution in [0.3, 0.4) is 0 Å². The Balaban J connectivity index is 2.13. The van der Waals surface area contributed by atoms with Crippen molar-refractivity contribution in [2.24, 2.45) is 0 Å². The van der Waals surface area contributed by atoms with Crippen LogP contribution in [0.25, 0.3) is 11.3 Å². The molecule has 1 amide bonds.